The molecule has 0 heterocycles. The topological polar surface area (TPSA) is 23.8 Å². The van der Waals surface area contributed by atoms with Gasteiger partial charge in [0.1, 0.15) is 0 Å². The maximum absolute atomic E-state index is 9.19. The highest BCUT2D eigenvalue weighted by atomic mass is 32.1. The maximum atomic E-state index is 9.19. The molecule has 0 N–H and O–H groups in total. The van der Waals surface area contributed by atoms with E-state index in [2.05, 4.69) is 85.4 Å². The summed E-state index contributed by atoms with van der Waals surface area (Å²) in [4.78, 5) is 0. The van der Waals surface area contributed by atoms with Gasteiger partial charge in [-0.1, -0.05) is 48.5 Å². The van der Waals surface area contributed by atoms with Gasteiger partial charge in [0.05, 0.1) is 11.3 Å². The molecule has 0 saturated heterocycles. The standard InChI is InChI=1S/C21H15NS/c22-13-18(23)12-21-19-8-4-3-7-16(19)10-17-9-14-5-1-2-6-15(14)11-20(17)21/h1-11,18,23H,12H2. The molecule has 0 aromatic heterocycles. The average molecular weight is 313 g/mol. The normalized spacial score (nSPS) is 12.5. The fourth-order valence-corrected chi connectivity index (χ4v) is 3.49. The molecule has 0 aliphatic rings. The molecular weight excluding hydrogens is 298 g/mol. The minimum absolute atomic E-state index is 0.296. The molecule has 0 aliphatic carbocycles. The number of hydrogen-bond acceptors (Lipinski definition) is 2. The predicted octanol–water partition coefficient (Wildman–Crippen LogP) is 5.51. The number of rotatable bonds is 2. The van der Waals surface area contributed by atoms with Crippen molar-refractivity contribution in [1.82, 2.24) is 0 Å². The number of hydrogen-bond donors (Lipinski definition) is 1. The Morgan fingerprint density at radius 3 is 2.13 bits per heavy atom. The highest BCUT2D eigenvalue weighted by Crippen LogP contribution is 2.32. The molecule has 2 heteroatoms. The van der Waals surface area contributed by atoms with Crippen LogP contribution in [0.3, 0.4) is 0 Å². The highest BCUT2D eigenvalue weighted by molar-refractivity contribution is 7.81. The Bertz CT molecular complexity index is 1070. The van der Waals surface area contributed by atoms with Gasteiger partial charge in [-0.2, -0.15) is 17.9 Å². The van der Waals surface area contributed by atoms with E-state index in [1.165, 1.54) is 37.9 Å². The first-order chi connectivity index (χ1) is 11.3. The third-order valence-corrected chi connectivity index (χ3v) is 4.68. The van der Waals surface area contributed by atoms with Gasteiger partial charge in [0, 0.05) is 0 Å². The van der Waals surface area contributed by atoms with Crippen LogP contribution in [0, 0.1) is 11.3 Å². The third-order valence-electron chi connectivity index (χ3n) is 4.39. The van der Waals surface area contributed by atoms with Gasteiger partial charge in [-0.05, 0) is 62.5 Å². The van der Waals surface area contributed by atoms with Crippen molar-refractivity contribution in [2.75, 3.05) is 0 Å². The van der Waals surface area contributed by atoms with Crippen molar-refractivity contribution in [1.29, 1.82) is 5.26 Å². The van der Waals surface area contributed by atoms with Crippen LogP contribution in [0.25, 0.3) is 32.3 Å². The summed E-state index contributed by atoms with van der Waals surface area (Å²) in [5.41, 5.74) is 1.21. The average Bonchev–Trinajstić information content (AvgIpc) is 2.59. The predicted molar refractivity (Wildman–Crippen MR) is 101 cm³/mol. The van der Waals surface area contributed by atoms with Crippen molar-refractivity contribution in [3.8, 4) is 6.07 Å². The number of thiol groups is 1. The zero-order valence-electron chi connectivity index (χ0n) is 12.5. The van der Waals surface area contributed by atoms with Crippen LogP contribution in [0.15, 0.2) is 66.7 Å². The second kappa shape index (κ2) is 5.61. The lowest BCUT2D eigenvalue weighted by molar-refractivity contribution is 1.06. The first-order valence-corrected chi connectivity index (χ1v) is 8.19. The molecule has 0 aliphatic heterocycles. The van der Waals surface area contributed by atoms with Gasteiger partial charge in [0.2, 0.25) is 0 Å². The summed E-state index contributed by atoms with van der Waals surface area (Å²) in [6, 6.07) is 25.7. The Labute approximate surface area is 140 Å². The molecule has 4 aromatic carbocycles. The maximum Gasteiger partial charge on any atom is 0.0927 e. The monoisotopic (exact) mass is 313 g/mol. The third kappa shape index (κ3) is 2.44. The number of nitrogens with zero attached hydrogens (tertiary/aromatic N) is 1. The summed E-state index contributed by atoms with van der Waals surface area (Å²) in [6.45, 7) is 0. The summed E-state index contributed by atoms with van der Waals surface area (Å²) >= 11 is 4.40. The Balaban J connectivity index is 2.13. The number of benzene rings is 4. The molecule has 1 nitrogen and oxygen atoms in total. The molecule has 0 spiro atoms. The lowest BCUT2D eigenvalue weighted by Gasteiger charge is -2.13. The fraction of sp³-hybridized carbons (Fsp3) is 0.0952. The van der Waals surface area contributed by atoms with Gasteiger partial charge in [-0.25, -0.2) is 0 Å². The van der Waals surface area contributed by atoms with E-state index in [-0.39, 0.29) is 5.25 Å². The van der Waals surface area contributed by atoms with Crippen LogP contribution in [-0.4, -0.2) is 5.25 Å². The van der Waals surface area contributed by atoms with Crippen LogP contribution in [0.1, 0.15) is 5.56 Å². The van der Waals surface area contributed by atoms with Gasteiger partial charge < -0.3 is 0 Å². The largest absolute Gasteiger partial charge is 0.197 e. The van der Waals surface area contributed by atoms with E-state index < -0.39 is 0 Å². The smallest absolute Gasteiger partial charge is 0.0927 e. The Kier molecular flexibility index (Phi) is 3.44. The van der Waals surface area contributed by atoms with E-state index in [0.717, 1.165) is 0 Å². The summed E-state index contributed by atoms with van der Waals surface area (Å²) < 4.78 is 0. The molecule has 0 fully saturated rings. The molecule has 0 bridgehead atoms. The zero-order chi connectivity index (χ0) is 15.8. The zero-order valence-corrected chi connectivity index (χ0v) is 13.4. The Morgan fingerprint density at radius 2 is 1.39 bits per heavy atom. The van der Waals surface area contributed by atoms with Crippen LogP contribution >= 0.6 is 12.6 Å². The number of nitriles is 1. The minimum atomic E-state index is -0.296. The Hall–Kier alpha value is -2.50. The quantitative estimate of drug-likeness (QED) is 0.383. The molecule has 1 atom stereocenters. The van der Waals surface area contributed by atoms with E-state index >= 15 is 0 Å². The summed E-state index contributed by atoms with van der Waals surface area (Å²) in [5.74, 6) is 0. The molecule has 4 aromatic rings. The van der Waals surface area contributed by atoms with Crippen molar-refractivity contribution in [3.63, 3.8) is 0 Å². The summed E-state index contributed by atoms with van der Waals surface area (Å²) in [7, 11) is 0. The van der Waals surface area contributed by atoms with Gasteiger partial charge in [0.15, 0.2) is 0 Å². The fourth-order valence-electron chi connectivity index (χ4n) is 3.31. The van der Waals surface area contributed by atoms with Crippen molar-refractivity contribution < 1.29 is 0 Å². The molecule has 23 heavy (non-hydrogen) atoms. The second-order valence-corrected chi connectivity index (χ2v) is 6.47. The molecule has 0 amide bonds. The lowest BCUT2D eigenvalue weighted by Crippen LogP contribution is -2.01. The van der Waals surface area contributed by atoms with Crippen molar-refractivity contribution in [2.24, 2.45) is 0 Å². The van der Waals surface area contributed by atoms with E-state index in [4.69, 9.17) is 0 Å². The SMILES string of the molecule is N#CC(S)Cc1c2ccccc2cc2cc3ccccc3cc12. The van der Waals surface area contributed by atoms with Gasteiger partial charge >= 0.3 is 0 Å². The highest BCUT2D eigenvalue weighted by Gasteiger charge is 2.12. The first kappa shape index (κ1) is 14.1. The number of fused-ring (bicyclic) bond motifs is 3. The first-order valence-electron chi connectivity index (χ1n) is 7.67. The van der Waals surface area contributed by atoms with Gasteiger partial charge in [0.25, 0.3) is 0 Å². The van der Waals surface area contributed by atoms with E-state index in [1.54, 1.807) is 0 Å². The molecule has 4 rings (SSSR count). The van der Waals surface area contributed by atoms with Crippen LogP contribution in [0.4, 0.5) is 0 Å². The van der Waals surface area contributed by atoms with Gasteiger partial charge in [-0.3, -0.25) is 0 Å². The van der Waals surface area contributed by atoms with Crippen LogP contribution < -0.4 is 0 Å². The second-order valence-electron chi connectivity index (χ2n) is 5.85. The molecule has 1 unspecified atom stereocenters. The van der Waals surface area contributed by atoms with Crippen LogP contribution in [0.2, 0.25) is 0 Å². The molecule has 110 valence electrons. The van der Waals surface area contributed by atoms with Crippen LogP contribution in [0.5, 0.6) is 0 Å². The van der Waals surface area contributed by atoms with Crippen molar-refractivity contribution >= 4 is 44.9 Å². The van der Waals surface area contributed by atoms with E-state index in [1.807, 2.05) is 0 Å². The lowest BCUT2D eigenvalue weighted by atomic mass is 9.92. The van der Waals surface area contributed by atoms with E-state index in [0.29, 0.717) is 6.42 Å². The minimum Gasteiger partial charge on any atom is -0.197 e. The molecule has 0 radical (unpaired) electrons. The summed E-state index contributed by atoms with van der Waals surface area (Å²) in [6.07, 6.45) is 0.649. The van der Waals surface area contributed by atoms with E-state index in [9.17, 15) is 5.26 Å². The molecule has 0 saturated carbocycles. The van der Waals surface area contributed by atoms with Gasteiger partial charge in [-0.15, -0.1) is 0 Å². The van der Waals surface area contributed by atoms with Crippen molar-refractivity contribution in [3.05, 3.63) is 72.3 Å². The summed E-state index contributed by atoms with van der Waals surface area (Å²) in [5, 5.41) is 16.2. The van der Waals surface area contributed by atoms with Crippen molar-refractivity contribution in [2.45, 2.75) is 11.7 Å². The Morgan fingerprint density at radius 1 is 0.783 bits per heavy atom. The van der Waals surface area contributed by atoms with Crippen LogP contribution in [-0.2, 0) is 6.42 Å². The molecular formula is C21H15NS.